The van der Waals surface area contributed by atoms with Crippen LogP contribution in [0, 0.1) is 13.8 Å². The molecule has 0 spiro atoms. The molecule has 0 bridgehead atoms. The summed E-state index contributed by atoms with van der Waals surface area (Å²) in [7, 11) is 1.65. The highest BCUT2D eigenvalue weighted by atomic mass is 32.1. The highest BCUT2D eigenvalue weighted by Gasteiger charge is 2.23. The van der Waals surface area contributed by atoms with Gasteiger partial charge in [0, 0.05) is 23.4 Å². The molecule has 38 heavy (non-hydrogen) atoms. The van der Waals surface area contributed by atoms with Crippen LogP contribution in [0.4, 0.5) is 5.69 Å². The minimum Gasteiger partial charge on any atom is -0.493 e. The molecule has 1 fully saturated rings. The number of anilines is 1. The number of carbonyl (C=O) groups excluding carboxylic acids is 2. The molecule has 8 nitrogen and oxygen atoms in total. The van der Waals surface area contributed by atoms with Gasteiger partial charge in [0.05, 0.1) is 29.6 Å². The van der Waals surface area contributed by atoms with Crippen LogP contribution in [0.2, 0.25) is 0 Å². The molecule has 0 atom stereocenters. The summed E-state index contributed by atoms with van der Waals surface area (Å²) in [6.07, 6.45) is 6.31. The Hall–Kier alpha value is -3.72. The van der Waals surface area contributed by atoms with Crippen molar-refractivity contribution in [3.05, 3.63) is 69.2 Å². The van der Waals surface area contributed by atoms with Gasteiger partial charge < -0.3 is 14.8 Å². The van der Waals surface area contributed by atoms with Gasteiger partial charge in [0.2, 0.25) is 0 Å². The topological polar surface area (TPSA) is 93.1 Å². The van der Waals surface area contributed by atoms with E-state index in [1.54, 1.807) is 31.4 Å². The maximum atomic E-state index is 13.3. The molecule has 0 saturated heterocycles. The molecule has 2 aromatic carbocycles. The van der Waals surface area contributed by atoms with Crippen LogP contribution in [0.5, 0.6) is 11.5 Å². The fourth-order valence-corrected chi connectivity index (χ4v) is 5.72. The second-order valence-corrected chi connectivity index (χ2v) is 10.9. The number of carbonyl (C=O) groups is 2. The smallest absolute Gasteiger partial charge is 0.273 e. The number of amides is 2. The zero-order valence-electron chi connectivity index (χ0n) is 22.0. The van der Waals surface area contributed by atoms with Crippen molar-refractivity contribution in [2.24, 2.45) is 5.10 Å². The van der Waals surface area contributed by atoms with E-state index in [4.69, 9.17) is 14.6 Å². The van der Waals surface area contributed by atoms with Crippen molar-refractivity contribution < 1.29 is 19.1 Å². The Morgan fingerprint density at radius 2 is 1.79 bits per heavy atom. The first-order valence-corrected chi connectivity index (χ1v) is 13.8. The Labute approximate surface area is 226 Å². The summed E-state index contributed by atoms with van der Waals surface area (Å²) < 4.78 is 11.8. The van der Waals surface area contributed by atoms with E-state index >= 15 is 0 Å². The Balaban J connectivity index is 1.29. The van der Waals surface area contributed by atoms with E-state index in [1.165, 1.54) is 29.2 Å². The highest BCUT2D eigenvalue weighted by Crippen LogP contribution is 2.33. The third kappa shape index (κ3) is 5.72. The number of nitrogens with one attached hydrogen (secondary N) is 1. The first-order valence-electron chi connectivity index (χ1n) is 13.0. The molecule has 1 N–H and O–H groups in total. The average Bonchev–Trinajstić information content (AvgIpc) is 3.57. The van der Waals surface area contributed by atoms with Gasteiger partial charge in [-0.25, -0.2) is 9.99 Å². The number of thiazole rings is 1. The minimum atomic E-state index is -0.201. The number of ether oxygens (including phenoxy) is 2. The van der Waals surface area contributed by atoms with Crippen molar-refractivity contribution in [2.45, 2.75) is 58.5 Å². The molecular weight excluding hydrogens is 500 g/mol. The summed E-state index contributed by atoms with van der Waals surface area (Å²) >= 11 is 1.36. The van der Waals surface area contributed by atoms with Crippen LogP contribution in [0.3, 0.4) is 0 Å². The predicted molar refractivity (Wildman–Crippen MR) is 149 cm³/mol. The van der Waals surface area contributed by atoms with Crippen molar-refractivity contribution in [3.8, 4) is 11.5 Å². The summed E-state index contributed by atoms with van der Waals surface area (Å²) in [6.45, 7) is 4.25. The second kappa shape index (κ2) is 11.3. The van der Waals surface area contributed by atoms with Crippen molar-refractivity contribution >= 4 is 34.6 Å². The molecule has 198 valence electrons. The third-order valence-corrected chi connectivity index (χ3v) is 7.92. The molecule has 1 aliphatic carbocycles. The van der Waals surface area contributed by atoms with Crippen LogP contribution in [-0.4, -0.2) is 47.3 Å². The van der Waals surface area contributed by atoms with Gasteiger partial charge in [0.25, 0.3) is 11.8 Å². The van der Waals surface area contributed by atoms with Crippen molar-refractivity contribution in [3.63, 3.8) is 0 Å². The van der Waals surface area contributed by atoms with Gasteiger partial charge in [-0.1, -0.05) is 0 Å². The number of aryl methyl sites for hydroxylation is 2. The Bertz CT molecular complexity index is 1360. The number of nitrogens with zero attached hydrogens (tertiary/aromatic N) is 3. The SMILES string of the molecule is COc1ccc(C2=NN(C(=O)c3ccc(NC(=O)c4sc(C)nc4C)cc3)CCC2)cc1OC1CCCC1. The normalized spacial score (nSPS) is 15.8. The zero-order chi connectivity index (χ0) is 26.6. The number of hydrazone groups is 1. The summed E-state index contributed by atoms with van der Waals surface area (Å²) in [5, 5.41) is 9.97. The standard InChI is InChI=1S/C29H32N4O4S/c1-18-27(38-19(2)30-18)28(34)31-22-13-10-20(11-14-22)29(35)33-16-6-9-24(32-33)21-12-15-25(36-3)26(17-21)37-23-7-4-5-8-23/h10-15,17,23H,4-9,16H2,1-3H3,(H,31,34). The first kappa shape index (κ1) is 25.9. The lowest BCUT2D eigenvalue weighted by Gasteiger charge is -2.24. The van der Waals surface area contributed by atoms with Gasteiger partial charge in [-0.3, -0.25) is 9.59 Å². The average molecular weight is 533 g/mol. The minimum absolute atomic E-state index is 0.176. The van der Waals surface area contributed by atoms with E-state index in [2.05, 4.69) is 10.3 Å². The number of rotatable bonds is 7. The molecule has 9 heteroatoms. The van der Waals surface area contributed by atoms with Crippen molar-refractivity contribution in [1.82, 2.24) is 9.99 Å². The monoisotopic (exact) mass is 532 g/mol. The number of hydrogen-bond donors (Lipinski definition) is 1. The lowest BCUT2D eigenvalue weighted by atomic mass is 10.0. The molecule has 2 aliphatic rings. The predicted octanol–water partition coefficient (Wildman–Crippen LogP) is 5.98. The summed E-state index contributed by atoms with van der Waals surface area (Å²) in [4.78, 5) is 30.8. The van der Waals surface area contributed by atoms with Gasteiger partial charge in [-0.2, -0.15) is 5.10 Å². The molecule has 3 aromatic rings. The van der Waals surface area contributed by atoms with E-state index in [0.29, 0.717) is 34.1 Å². The van der Waals surface area contributed by atoms with Gasteiger partial charge in [0.1, 0.15) is 4.88 Å². The molecule has 1 saturated carbocycles. The molecule has 0 radical (unpaired) electrons. The number of aromatic nitrogens is 1. The zero-order valence-corrected chi connectivity index (χ0v) is 22.8. The van der Waals surface area contributed by atoms with Gasteiger partial charge in [0.15, 0.2) is 11.5 Å². The first-order chi connectivity index (χ1) is 18.4. The van der Waals surface area contributed by atoms with E-state index in [-0.39, 0.29) is 17.9 Å². The number of methoxy groups -OCH3 is 1. The van der Waals surface area contributed by atoms with Crippen LogP contribution in [-0.2, 0) is 0 Å². The Morgan fingerprint density at radius 1 is 1.03 bits per heavy atom. The van der Waals surface area contributed by atoms with Crippen molar-refractivity contribution in [1.29, 1.82) is 0 Å². The molecule has 5 rings (SSSR count). The van der Waals surface area contributed by atoms with E-state index in [1.807, 2.05) is 32.0 Å². The summed E-state index contributed by atoms with van der Waals surface area (Å²) in [5.41, 5.74) is 3.63. The lowest BCUT2D eigenvalue weighted by Crippen LogP contribution is -2.32. The fraction of sp³-hybridized carbons (Fsp3) is 0.379. The van der Waals surface area contributed by atoms with E-state index in [0.717, 1.165) is 47.7 Å². The fourth-order valence-electron chi connectivity index (χ4n) is 4.90. The second-order valence-electron chi connectivity index (χ2n) is 9.65. The van der Waals surface area contributed by atoms with Crippen LogP contribution in [0.1, 0.15) is 74.8 Å². The van der Waals surface area contributed by atoms with E-state index in [9.17, 15) is 9.59 Å². The number of benzene rings is 2. The lowest BCUT2D eigenvalue weighted by molar-refractivity contribution is 0.0751. The molecule has 2 heterocycles. The highest BCUT2D eigenvalue weighted by molar-refractivity contribution is 7.13. The van der Waals surface area contributed by atoms with Crippen LogP contribution in [0.15, 0.2) is 47.6 Å². The summed E-state index contributed by atoms with van der Waals surface area (Å²) in [6, 6.07) is 12.8. The largest absolute Gasteiger partial charge is 0.493 e. The maximum Gasteiger partial charge on any atom is 0.273 e. The van der Waals surface area contributed by atoms with Crippen LogP contribution >= 0.6 is 11.3 Å². The van der Waals surface area contributed by atoms with Crippen LogP contribution < -0.4 is 14.8 Å². The van der Waals surface area contributed by atoms with Crippen LogP contribution in [0.25, 0.3) is 0 Å². The molecular formula is C29H32N4O4S. The molecule has 1 aromatic heterocycles. The molecule has 2 amide bonds. The third-order valence-electron chi connectivity index (χ3n) is 6.85. The van der Waals surface area contributed by atoms with Crippen molar-refractivity contribution in [2.75, 3.05) is 19.0 Å². The molecule has 1 aliphatic heterocycles. The Morgan fingerprint density at radius 3 is 2.47 bits per heavy atom. The van der Waals surface area contributed by atoms with Gasteiger partial charge in [-0.15, -0.1) is 11.3 Å². The number of hydrogen-bond acceptors (Lipinski definition) is 7. The Kier molecular flexibility index (Phi) is 7.74. The molecule has 0 unspecified atom stereocenters. The quantitative estimate of drug-likeness (QED) is 0.404. The van der Waals surface area contributed by atoms with E-state index < -0.39 is 0 Å². The maximum absolute atomic E-state index is 13.3. The summed E-state index contributed by atoms with van der Waals surface area (Å²) in [5.74, 6) is 1.06. The van der Waals surface area contributed by atoms with Gasteiger partial charge in [-0.05, 0) is 94.8 Å². The van der Waals surface area contributed by atoms with Gasteiger partial charge >= 0.3 is 0 Å².